The molecule has 0 spiro atoms. The van der Waals surface area contributed by atoms with Crippen molar-refractivity contribution in [2.45, 2.75) is 13.5 Å². The number of carbonyl (C=O) groups is 1. The van der Waals surface area contributed by atoms with E-state index in [0.29, 0.717) is 17.3 Å². The number of pyridine rings is 1. The summed E-state index contributed by atoms with van der Waals surface area (Å²) in [4.78, 5) is 16.5. The molecule has 5 heteroatoms. The van der Waals surface area contributed by atoms with E-state index in [4.69, 9.17) is 11.6 Å². The molecule has 0 radical (unpaired) electrons. The zero-order chi connectivity index (χ0) is 17.6. The van der Waals surface area contributed by atoms with Crippen LogP contribution in [0.15, 0.2) is 66.9 Å². The molecule has 0 saturated heterocycles. The third kappa shape index (κ3) is 4.58. The number of aromatic nitrogens is 1. The van der Waals surface area contributed by atoms with Crippen LogP contribution in [0, 0.1) is 6.92 Å². The number of rotatable bonds is 5. The van der Waals surface area contributed by atoms with Crippen LogP contribution in [-0.2, 0) is 6.54 Å². The summed E-state index contributed by atoms with van der Waals surface area (Å²) in [5.41, 5.74) is 4.04. The first kappa shape index (κ1) is 17.0. The zero-order valence-corrected chi connectivity index (χ0v) is 14.5. The summed E-state index contributed by atoms with van der Waals surface area (Å²) in [5, 5.41) is 6.77. The Morgan fingerprint density at radius 3 is 2.56 bits per heavy atom. The van der Waals surface area contributed by atoms with Crippen LogP contribution >= 0.6 is 11.6 Å². The normalized spacial score (nSPS) is 10.3. The summed E-state index contributed by atoms with van der Waals surface area (Å²) < 4.78 is 0. The molecule has 0 fully saturated rings. The van der Waals surface area contributed by atoms with Crippen molar-refractivity contribution in [1.82, 2.24) is 4.98 Å². The molecule has 2 aromatic carbocycles. The molecule has 126 valence electrons. The zero-order valence-electron chi connectivity index (χ0n) is 13.8. The van der Waals surface area contributed by atoms with E-state index in [9.17, 15) is 4.79 Å². The summed E-state index contributed by atoms with van der Waals surface area (Å²) >= 11 is 5.93. The molecule has 0 saturated carbocycles. The summed E-state index contributed by atoms with van der Waals surface area (Å²) in [6, 6.07) is 19.0. The van der Waals surface area contributed by atoms with E-state index in [0.717, 1.165) is 16.9 Å². The van der Waals surface area contributed by atoms with Crippen molar-refractivity contribution in [1.29, 1.82) is 0 Å². The van der Waals surface area contributed by atoms with Gasteiger partial charge in [0.05, 0.1) is 11.9 Å². The number of nitrogens with one attached hydrogen (secondary N) is 2. The number of halogens is 1. The maximum Gasteiger partial charge on any atom is 0.274 e. The highest BCUT2D eigenvalue weighted by atomic mass is 35.5. The van der Waals surface area contributed by atoms with E-state index in [1.54, 1.807) is 30.5 Å². The number of benzene rings is 2. The predicted molar refractivity (Wildman–Crippen MR) is 102 cm³/mol. The quantitative estimate of drug-likeness (QED) is 0.686. The van der Waals surface area contributed by atoms with E-state index < -0.39 is 0 Å². The van der Waals surface area contributed by atoms with Gasteiger partial charge in [-0.15, -0.1) is 0 Å². The number of carbonyl (C=O) groups excluding carboxylic acids is 1. The monoisotopic (exact) mass is 351 g/mol. The first-order valence-electron chi connectivity index (χ1n) is 7.93. The van der Waals surface area contributed by atoms with Crippen LogP contribution in [-0.4, -0.2) is 10.9 Å². The van der Waals surface area contributed by atoms with E-state index >= 15 is 0 Å². The number of hydrogen-bond donors (Lipinski definition) is 2. The molecule has 3 aromatic rings. The molecule has 2 N–H and O–H groups in total. The second-order valence-corrected chi connectivity index (χ2v) is 6.12. The fraction of sp³-hybridized carbons (Fsp3) is 0.100. The predicted octanol–water partition coefficient (Wildman–Crippen LogP) is 4.91. The number of aryl methyl sites for hydroxylation is 1. The topological polar surface area (TPSA) is 54.0 Å². The van der Waals surface area contributed by atoms with Crippen molar-refractivity contribution >= 4 is 28.9 Å². The van der Waals surface area contributed by atoms with Crippen LogP contribution < -0.4 is 10.6 Å². The third-order valence-corrected chi connectivity index (χ3v) is 4.01. The van der Waals surface area contributed by atoms with E-state index in [1.165, 1.54) is 5.56 Å². The smallest absolute Gasteiger partial charge is 0.274 e. The third-order valence-electron chi connectivity index (χ3n) is 3.77. The summed E-state index contributed by atoms with van der Waals surface area (Å²) in [6.07, 6.45) is 1.66. The van der Waals surface area contributed by atoms with Crippen LogP contribution in [0.2, 0.25) is 5.02 Å². The Kier molecular flexibility index (Phi) is 5.31. The minimum Gasteiger partial charge on any atom is -0.380 e. The molecule has 0 bridgehead atoms. The van der Waals surface area contributed by atoms with Crippen LogP contribution in [0.1, 0.15) is 21.6 Å². The van der Waals surface area contributed by atoms with Crippen molar-refractivity contribution in [2.75, 3.05) is 10.6 Å². The molecule has 4 nitrogen and oxygen atoms in total. The summed E-state index contributed by atoms with van der Waals surface area (Å²) in [6.45, 7) is 2.60. The van der Waals surface area contributed by atoms with Gasteiger partial charge in [0.2, 0.25) is 0 Å². The second kappa shape index (κ2) is 7.81. The Labute approximate surface area is 151 Å². The molecule has 0 aliphatic carbocycles. The molecule has 1 aromatic heterocycles. The van der Waals surface area contributed by atoms with E-state index in [2.05, 4.69) is 27.8 Å². The minimum absolute atomic E-state index is 0.250. The number of nitrogens with zero attached hydrogens (tertiary/aromatic N) is 1. The van der Waals surface area contributed by atoms with Gasteiger partial charge in [-0.2, -0.15) is 0 Å². The molecule has 0 aliphatic heterocycles. The second-order valence-electron chi connectivity index (χ2n) is 5.68. The largest absolute Gasteiger partial charge is 0.380 e. The maximum atomic E-state index is 12.3. The molecule has 0 unspecified atom stereocenters. The molecular weight excluding hydrogens is 334 g/mol. The minimum atomic E-state index is -0.250. The van der Waals surface area contributed by atoms with Crippen molar-refractivity contribution < 1.29 is 4.79 Å². The molecule has 0 atom stereocenters. The molecule has 1 amide bonds. The lowest BCUT2D eigenvalue weighted by atomic mass is 10.2. The Bertz CT molecular complexity index is 864. The molecule has 0 aliphatic rings. The van der Waals surface area contributed by atoms with Gasteiger partial charge in [0, 0.05) is 17.3 Å². The first-order chi connectivity index (χ1) is 12.1. The van der Waals surface area contributed by atoms with Crippen LogP contribution in [0.25, 0.3) is 0 Å². The lowest BCUT2D eigenvalue weighted by molar-refractivity contribution is 0.102. The highest BCUT2D eigenvalue weighted by Gasteiger charge is 2.09. The van der Waals surface area contributed by atoms with Crippen molar-refractivity contribution in [3.8, 4) is 0 Å². The van der Waals surface area contributed by atoms with Gasteiger partial charge in [0.1, 0.15) is 5.69 Å². The number of hydrogen-bond acceptors (Lipinski definition) is 3. The van der Waals surface area contributed by atoms with Crippen molar-refractivity contribution in [3.05, 3.63) is 88.7 Å². The summed E-state index contributed by atoms with van der Waals surface area (Å²) in [7, 11) is 0. The van der Waals surface area contributed by atoms with Crippen LogP contribution in [0.5, 0.6) is 0 Å². The highest BCUT2D eigenvalue weighted by Crippen LogP contribution is 2.20. The average molecular weight is 352 g/mol. The highest BCUT2D eigenvalue weighted by molar-refractivity contribution is 6.30. The fourth-order valence-corrected chi connectivity index (χ4v) is 2.61. The Morgan fingerprint density at radius 2 is 1.88 bits per heavy atom. The number of amides is 1. The van der Waals surface area contributed by atoms with Gasteiger partial charge in [0.25, 0.3) is 5.91 Å². The average Bonchev–Trinajstić information content (AvgIpc) is 2.63. The SMILES string of the molecule is Cc1cc(Cl)ccc1NC(=O)c1ccc(NCc2ccccc2)cn1. The lowest BCUT2D eigenvalue weighted by Gasteiger charge is -2.09. The molecule has 3 rings (SSSR count). The van der Waals surface area contributed by atoms with Gasteiger partial charge in [-0.25, -0.2) is 4.98 Å². The van der Waals surface area contributed by atoms with Gasteiger partial charge in [-0.05, 0) is 48.4 Å². The Balaban J connectivity index is 1.62. The fourth-order valence-electron chi connectivity index (χ4n) is 2.39. The van der Waals surface area contributed by atoms with E-state index in [1.807, 2.05) is 31.2 Å². The van der Waals surface area contributed by atoms with Crippen molar-refractivity contribution in [2.24, 2.45) is 0 Å². The van der Waals surface area contributed by atoms with Gasteiger partial charge < -0.3 is 10.6 Å². The van der Waals surface area contributed by atoms with Gasteiger partial charge in [-0.1, -0.05) is 41.9 Å². The van der Waals surface area contributed by atoms with Gasteiger partial charge >= 0.3 is 0 Å². The summed E-state index contributed by atoms with van der Waals surface area (Å²) in [5.74, 6) is -0.250. The van der Waals surface area contributed by atoms with E-state index in [-0.39, 0.29) is 5.91 Å². The maximum absolute atomic E-state index is 12.3. The van der Waals surface area contributed by atoms with Crippen molar-refractivity contribution in [3.63, 3.8) is 0 Å². The molecule has 25 heavy (non-hydrogen) atoms. The first-order valence-corrected chi connectivity index (χ1v) is 8.31. The standard InChI is InChI=1S/C20H18ClN3O/c1-14-11-16(21)7-9-18(14)24-20(25)19-10-8-17(13-23-19)22-12-15-5-3-2-4-6-15/h2-11,13,22H,12H2,1H3,(H,24,25). The lowest BCUT2D eigenvalue weighted by Crippen LogP contribution is -2.14. The Hall–Kier alpha value is -2.85. The van der Waals surface area contributed by atoms with Crippen LogP contribution in [0.4, 0.5) is 11.4 Å². The van der Waals surface area contributed by atoms with Gasteiger partial charge in [-0.3, -0.25) is 4.79 Å². The number of anilines is 2. The Morgan fingerprint density at radius 1 is 1.08 bits per heavy atom. The molecular formula is C20H18ClN3O. The molecule has 1 heterocycles. The van der Waals surface area contributed by atoms with Gasteiger partial charge in [0.15, 0.2) is 0 Å². The van der Waals surface area contributed by atoms with Crippen LogP contribution in [0.3, 0.4) is 0 Å².